The van der Waals surface area contributed by atoms with Crippen molar-refractivity contribution in [3.63, 3.8) is 0 Å². The molecule has 0 atom stereocenters. The summed E-state index contributed by atoms with van der Waals surface area (Å²) in [5.74, 6) is 1.29. The summed E-state index contributed by atoms with van der Waals surface area (Å²) < 4.78 is 5.44. The minimum Gasteiger partial charge on any atom is -0.478 e. The van der Waals surface area contributed by atoms with Gasteiger partial charge in [-0.1, -0.05) is 36.4 Å². The number of carboxylic acids is 1. The van der Waals surface area contributed by atoms with Crippen LogP contribution in [-0.2, 0) is 21.4 Å². The van der Waals surface area contributed by atoms with E-state index in [0.717, 1.165) is 36.2 Å². The Hall–Kier alpha value is -2.92. The maximum atomic E-state index is 11.2. The molecule has 4 fully saturated rings. The van der Waals surface area contributed by atoms with Gasteiger partial charge in [0.1, 0.15) is 6.61 Å². The third kappa shape index (κ3) is 5.27. The molecule has 6 rings (SSSR count). The molecule has 0 unspecified atom stereocenters. The Balaban J connectivity index is 1.43. The molecule has 190 valence electrons. The van der Waals surface area contributed by atoms with Crippen LogP contribution in [0.5, 0.6) is 0 Å². The van der Waals surface area contributed by atoms with Gasteiger partial charge < -0.3 is 15.6 Å². The van der Waals surface area contributed by atoms with Gasteiger partial charge in [-0.2, -0.15) is 0 Å². The van der Waals surface area contributed by atoms with Crippen LogP contribution in [0.1, 0.15) is 84.5 Å². The number of carboxylic acid groups (broad SMARTS) is 1. The molecule has 0 spiro atoms. The minimum absolute atomic E-state index is 0.0157. The second-order valence-electron chi connectivity index (χ2n) is 11.4. The van der Waals surface area contributed by atoms with E-state index in [1.165, 1.54) is 60.8 Å². The Kier molecular flexibility index (Phi) is 7.03. The highest BCUT2D eigenvalue weighted by Crippen LogP contribution is 2.61. The van der Waals surface area contributed by atoms with E-state index in [1.807, 2.05) is 12.1 Å². The summed E-state index contributed by atoms with van der Waals surface area (Å²) in [6, 6.07) is 14.0. The SMILES string of the molecule is C/C(=C\c1ccc(C(=O)O)cc1)c1ccc(CCCOCC(N)=O)c(C23CC4CC(CC(C4)C2)C3)c1. The Morgan fingerprint density at radius 2 is 1.61 bits per heavy atom. The summed E-state index contributed by atoms with van der Waals surface area (Å²) in [5, 5.41) is 9.18. The summed E-state index contributed by atoms with van der Waals surface area (Å²) in [5.41, 5.74) is 12.2. The quantitative estimate of drug-likeness (QED) is 0.325. The van der Waals surface area contributed by atoms with E-state index in [4.69, 9.17) is 10.5 Å². The van der Waals surface area contributed by atoms with Gasteiger partial charge in [0.25, 0.3) is 0 Å². The fourth-order valence-corrected chi connectivity index (χ4v) is 7.57. The predicted molar refractivity (Wildman–Crippen MR) is 142 cm³/mol. The molecular weight excluding hydrogens is 450 g/mol. The minimum atomic E-state index is -0.905. The number of benzene rings is 2. The lowest BCUT2D eigenvalue weighted by Gasteiger charge is -2.57. The van der Waals surface area contributed by atoms with E-state index in [-0.39, 0.29) is 12.0 Å². The van der Waals surface area contributed by atoms with Gasteiger partial charge in [0.2, 0.25) is 5.91 Å². The van der Waals surface area contributed by atoms with Gasteiger partial charge >= 0.3 is 5.97 Å². The summed E-state index contributed by atoms with van der Waals surface area (Å²) in [6.07, 6.45) is 12.1. The van der Waals surface area contributed by atoms with Crippen LogP contribution < -0.4 is 5.73 Å². The molecule has 4 bridgehead atoms. The van der Waals surface area contributed by atoms with Gasteiger partial charge in [-0.3, -0.25) is 4.79 Å². The molecule has 5 nitrogen and oxygen atoms in total. The lowest BCUT2D eigenvalue weighted by atomic mass is 9.47. The number of hydrogen-bond acceptors (Lipinski definition) is 3. The molecule has 2 aromatic rings. The van der Waals surface area contributed by atoms with Gasteiger partial charge in [-0.15, -0.1) is 0 Å². The first-order valence-electron chi connectivity index (χ1n) is 13.3. The third-order valence-electron chi connectivity index (χ3n) is 8.69. The molecule has 36 heavy (non-hydrogen) atoms. The molecular formula is C31H37NO4. The highest BCUT2D eigenvalue weighted by molar-refractivity contribution is 5.88. The molecule has 1 amide bonds. The Morgan fingerprint density at radius 1 is 1.00 bits per heavy atom. The molecule has 5 heteroatoms. The van der Waals surface area contributed by atoms with Gasteiger partial charge in [0, 0.05) is 6.61 Å². The van der Waals surface area contributed by atoms with E-state index in [1.54, 1.807) is 12.1 Å². The second-order valence-corrected chi connectivity index (χ2v) is 11.4. The zero-order chi connectivity index (χ0) is 25.3. The largest absolute Gasteiger partial charge is 0.478 e. The van der Waals surface area contributed by atoms with E-state index >= 15 is 0 Å². The number of allylic oxidation sites excluding steroid dienone is 1. The standard InChI is InChI=1S/C31H37NO4/c1-20(11-21-4-6-26(7-5-21)30(34)35)27-9-8-25(3-2-10-36-19-29(32)33)28(15-27)31-16-22-12-23(17-31)14-24(13-22)18-31/h4-9,11,15,22-24H,2-3,10,12-14,16-19H2,1H3,(H2,32,33)(H,34,35)/b20-11+. The van der Waals surface area contributed by atoms with Crippen LogP contribution in [0.4, 0.5) is 0 Å². The van der Waals surface area contributed by atoms with E-state index in [2.05, 4.69) is 31.2 Å². The lowest BCUT2D eigenvalue weighted by molar-refractivity contribution is -0.122. The van der Waals surface area contributed by atoms with Crippen molar-refractivity contribution in [1.82, 2.24) is 0 Å². The van der Waals surface area contributed by atoms with Gasteiger partial charge in [-0.25, -0.2) is 4.79 Å². The lowest BCUT2D eigenvalue weighted by Crippen LogP contribution is -2.49. The summed E-state index contributed by atoms with van der Waals surface area (Å²) >= 11 is 0. The molecule has 4 aliphatic carbocycles. The summed E-state index contributed by atoms with van der Waals surface area (Å²) in [7, 11) is 0. The Bertz CT molecular complexity index is 1130. The van der Waals surface area contributed by atoms with Crippen LogP contribution in [0, 0.1) is 17.8 Å². The van der Waals surface area contributed by atoms with E-state index in [9.17, 15) is 14.7 Å². The van der Waals surface area contributed by atoms with E-state index < -0.39 is 11.9 Å². The predicted octanol–water partition coefficient (Wildman–Crippen LogP) is 5.85. The average Bonchev–Trinajstić information content (AvgIpc) is 2.83. The maximum Gasteiger partial charge on any atom is 0.335 e. The van der Waals surface area contributed by atoms with Crippen LogP contribution in [0.2, 0.25) is 0 Å². The summed E-state index contributed by atoms with van der Waals surface area (Å²) in [6.45, 7) is 2.66. The first kappa shape index (κ1) is 24.8. The van der Waals surface area contributed by atoms with Crippen LogP contribution >= 0.6 is 0 Å². The van der Waals surface area contributed by atoms with E-state index in [0.29, 0.717) is 12.2 Å². The highest BCUT2D eigenvalue weighted by Gasteiger charge is 2.52. The number of ether oxygens (including phenoxy) is 1. The van der Waals surface area contributed by atoms with Crippen molar-refractivity contribution >= 4 is 23.5 Å². The number of primary amides is 1. The molecule has 0 heterocycles. The number of nitrogens with two attached hydrogens (primary N) is 1. The molecule has 0 aliphatic heterocycles. The van der Waals surface area contributed by atoms with Gasteiger partial charge in [-0.05, 0) is 121 Å². The molecule has 0 saturated heterocycles. The summed E-state index contributed by atoms with van der Waals surface area (Å²) in [4.78, 5) is 22.2. The number of amides is 1. The Labute approximate surface area is 213 Å². The first-order valence-corrected chi connectivity index (χ1v) is 13.3. The zero-order valence-electron chi connectivity index (χ0n) is 21.2. The van der Waals surface area contributed by atoms with Crippen LogP contribution in [0.15, 0.2) is 42.5 Å². The number of aryl methyl sites for hydroxylation is 1. The number of hydrogen-bond donors (Lipinski definition) is 2. The van der Waals surface area contributed by atoms with Crippen LogP contribution in [0.25, 0.3) is 11.6 Å². The highest BCUT2D eigenvalue weighted by atomic mass is 16.5. The third-order valence-corrected chi connectivity index (χ3v) is 8.69. The topological polar surface area (TPSA) is 89.6 Å². The molecule has 4 saturated carbocycles. The average molecular weight is 488 g/mol. The van der Waals surface area contributed by atoms with Crippen molar-refractivity contribution in [2.45, 2.75) is 63.7 Å². The smallest absolute Gasteiger partial charge is 0.335 e. The number of carbonyl (C=O) groups is 2. The molecule has 2 aromatic carbocycles. The maximum absolute atomic E-state index is 11.2. The van der Waals surface area contributed by atoms with Crippen LogP contribution in [-0.4, -0.2) is 30.2 Å². The monoisotopic (exact) mass is 487 g/mol. The van der Waals surface area contributed by atoms with Crippen molar-refractivity contribution in [3.05, 3.63) is 70.3 Å². The van der Waals surface area contributed by atoms with Crippen molar-refractivity contribution < 1.29 is 19.4 Å². The van der Waals surface area contributed by atoms with Crippen molar-refractivity contribution in [2.75, 3.05) is 13.2 Å². The van der Waals surface area contributed by atoms with Crippen molar-refractivity contribution in [1.29, 1.82) is 0 Å². The number of carbonyl (C=O) groups excluding carboxylic acids is 1. The van der Waals surface area contributed by atoms with Crippen molar-refractivity contribution in [2.24, 2.45) is 23.5 Å². The number of aromatic carboxylic acids is 1. The fourth-order valence-electron chi connectivity index (χ4n) is 7.57. The second kappa shape index (κ2) is 10.2. The molecule has 0 radical (unpaired) electrons. The molecule has 0 aromatic heterocycles. The Morgan fingerprint density at radius 3 is 2.19 bits per heavy atom. The fraction of sp³-hybridized carbons (Fsp3) is 0.484. The molecule has 3 N–H and O–H groups in total. The van der Waals surface area contributed by atoms with Gasteiger partial charge in [0.05, 0.1) is 5.56 Å². The van der Waals surface area contributed by atoms with Crippen molar-refractivity contribution in [3.8, 4) is 0 Å². The first-order chi connectivity index (χ1) is 17.3. The van der Waals surface area contributed by atoms with Gasteiger partial charge in [0.15, 0.2) is 0 Å². The normalized spacial score (nSPS) is 26.8. The number of rotatable bonds is 10. The zero-order valence-corrected chi connectivity index (χ0v) is 21.2. The molecule has 4 aliphatic rings. The van der Waals surface area contributed by atoms with Crippen LogP contribution in [0.3, 0.4) is 0 Å².